The van der Waals surface area contributed by atoms with E-state index in [-0.39, 0.29) is 67.6 Å². The molecule has 0 aliphatic carbocycles. The average molecular weight is 1310 g/mol. The summed E-state index contributed by atoms with van der Waals surface area (Å²) in [7, 11) is 5.89. The number of carboxylic acid groups (broad SMARTS) is 1. The third kappa shape index (κ3) is 22.8. The third-order valence-corrected chi connectivity index (χ3v) is 16.5. The van der Waals surface area contributed by atoms with E-state index in [1.165, 1.54) is 44.4 Å². The van der Waals surface area contributed by atoms with Crippen LogP contribution in [0, 0.1) is 23.7 Å². The van der Waals surface area contributed by atoms with Crippen LogP contribution in [0.25, 0.3) is 0 Å². The number of benzene rings is 2. The molecule has 92 heavy (non-hydrogen) atoms. The fourth-order valence-corrected chi connectivity index (χ4v) is 11.2. The molecule has 15 atom stereocenters. The molecule has 29 nitrogen and oxygen atoms in total. The van der Waals surface area contributed by atoms with Crippen molar-refractivity contribution in [2.24, 2.45) is 29.6 Å². The first-order valence-corrected chi connectivity index (χ1v) is 31.2. The number of nitrogens with zero attached hydrogens (tertiary/aromatic N) is 3. The monoisotopic (exact) mass is 1310 g/mol. The van der Waals surface area contributed by atoms with Crippen molar-refractivity contribution in [3.8, 4) is 5.75 Å². The van der Waals surface area contributed by atoms with Gasteiger partial charge in [0, 0.05) is 46.1 Å². The predicted molar refractivity (Wildman–Crippen MR) is 332 cm³/mol. The minimum Gasteiger partial charge on any atom is -0.479 e. The zero-order valence-corrected chi connectivity index (χ0v) is 55.1. The molecule has 0 radical (unpaired) electrons. The number of methoxy groups -OCH3 is 2. The minimum atomic E-state index is -2.02. The third-order valence-electron chi connectivity index (χ3n) is 16.5. The summed E-state index contributed by atoms with van der Waals surface area (Å²) >= 11 is 0. The Morgan fingerprint density at radius 2 is 1.38 bits per heavy atom. The van der Waals surface area contributed by atoms with Gasteiger partial charge in [-0.2, -0.15) is 0 Å². The van der Waals surface area contributed by atoms with Crippen LogP contribution in [0.15, 0.2) is 48.5 Å². The first-order valence-electron chi connectivity index (χ1n) is 31.2. The number of hydrogen-bond acceptors (Lipinski definition) is 22. The maximum Gasteiger partial charge on any atom is 0.410 e. The van der Waals surface area contributed by atoms with Gasteiger partial charge < -0.3 is 98.8 Å². The van der Waals surface area contributed by atoms with E-state index in [1.807, 2.05) is 19.9 Å². The molecule has 0 spiro atoms. The largest absolute Gasteiger partial charge is 0.479 e. The first kappa shape index (κ1) is 78.3. The van der Waals surface area contributed by atoms with Gasteiger partial charge >= 0.3 is 12.1 Å². The van der Waals surface area contributed by atoms with E-state index in [0.717, 1.165) is 4.90 Å². The average Bonchev–Trinajstić information content (AvgIpc) is 1.12. The maximum absolute atomic E-state index is 14.9. The smallest absolute Gasteiger partial charge is 0.410 e. The second kappa shape index (κ2) is 39.5. The molecule has 5 unspecified atom stereocenters. The normalized spacial score (nSPS) is 21.2. The Kier molecular flexibility index (Phi) is 33.6. The van der Waals surface area contributed by atoms with Crippen LogP contribution in [0.5, 0.6) is 5.75 Å². The van der Waals surface area contributed by atoms with Crippen LogP contribution in [0.2, 0.25) is 0 Å². The molecule has 2 fully saturated rings. The van der Waals surface area contributed by atoms with Crippen LogP contribution >= 0.6 is 0 Å². The first-order chi connectivity index (χ1) is 43.7. The fraction of sp³-hybridized carbons (Fsp3) is 0.698. The molecule has 29 heteroatoms. The number of aliphatic hydroxyl groups is 4. The van der Waals surface area contributed by atoms with Crippen molar-refractivity contribution in [1.29, 1.82) is 0 Å². The molecule has 2 aliphatic rings. The number of aliphatic carboxylic acids is 1. The maximum atomic E-state index is 14.9. The van der Waals surface area contributed by atoms with Gasteiger partial charge in [-0.1, -0.05) is 85.2 Å². The van der Waals surface area contributed by atoms with Gasteiger partial charge in [-0.15, -0.1) is 0 Å². The highest BCUT2D eigenvalue weighted by molar-refractivity contribution is 5.93. The Labute approximate surface area is 539 Å². The van der Waals surface area contributed by atoms with E-state index in [4.69, 9.17) is 48.5 Å². The van der Waals surface area contributed by atoms with Crippen molar-refractivity contribution in [1.82, 2.24) is 25.3 Å². The number of aliphatic hydroxyl groups excluding tert-OH is 4. The molecule has 10 N–H and O–H groups in total. The van der Waals surface area contributed by atoms with Crippen molar-refractivity contribution < 1.29 is 107 Å². The van der Waals surface area contributed by atoms with Crippen LogP contribution in [0.4, 0.5) is 10.5 Å². The SMILES string of the molecule is CC[C@H](C)[C@@H]([C@@H](CC(=O)N1CCC[C@H]1[C@H](OC)[C@@H](C)C(=O)N[C@H](C)[C@@H](O)c1ccccc1)OC)N(C)C(=O)[C@@H](NC(=O)[C@H](C(C)C)N(C)C(=O)OCc1cc(NC(=O)COCCOCCOCCOCCON)ccc1OC1OC(C(=O)O)C(O)C(O)C1O)C(C)C. The van der Waals surface area contributed by atoms with Crippen LogP contribution in [-0.2, 0) is 78.1 Å². The van der Waals surface area contributed by atoms with Gasteiger partial charge in [-0.3, -0.25) is 28.9 Å². The summed E-state index contributed by atoms with van der Waals surface area (Å²) in [6, 6.07) is 8.87. The molecular formula is C63H101N7O22. The molecular weight excluding hydrogens is 1210 g/mol. The fourth-order valence-electron chi connectivity index (χ4n) is 11.2. The number of anilines is 1. The molecule has 520 valence electrons. The number of carboxylic acids is 1. The molecule has 0 bridgehead atoms. The number of nitrogens with one attached hydrogen (secondary N) is 3. The van der Waals surface area contributed by atoms with E-state index < -0.39 is 140 Å². The van der Waals surface area contributed by atoms with Crippen molar-refractivity contribution in [3.63, 3.8) is 0 Å². The van der Waals surface area contributed by atoms with Crippen LogP contribution < -0.4 is 26.6 Å². The summed E-state index contributed by atoms with van der Waals surface area (Å²) in [5, 5.41) is 60.7. The highest BCUT2D eigenvalue weighted by Crippen LogP contribution is 2.32. The second-order valence-electron chi connectivity index (χ2n) is 23.8. The summed E-state index contributed by atoms with van der Waals surface area (Å²) in [6.45, 7) is 15.7. The van der Waals surface area contributed by atoms with Crippen molar-refractivity contribution in [2.45, 2.75) is 167 Å². The van der Waals surface area contributed by atoms with E-state index in [9.17, 15) is 59.1 Å². The number of ether oxygens (including phenoxy) is 9. The van der Waals surface area contributed by atoms with Crippen molar-refractivity contribution in [3.05, 3.63) is 59.7 Å². The molecule has 2 aliphatic heterocycles. The van der Waals surface area contributed by atoms with E-state index >= 15 is 0 Å². The van der Waals surface area contributed by atoms with Gasteiger partial charge in [0.05, 0.1) is 102 Å². The zero-order chi connectivity index (χ0) is 68.4. The van der Waals surface area contributed by atoms with Gasteiger partial charge in [-0.25, -0.2) is 15.5 Å². The number of hydrogen-bond donors (Lipinski definition) is 9. The number of rotatable bonds is 40. The quantitative estimate of drug-likeness (QED) is 0.0339. The van der Waals surface area contributed by atoms with Crippen LogP contribution in [0.1, 0.15) is 98.3 Å². The van der Waals surface area contributed by atoms with E-state index in [0.29, 0.717) is 57.8 Å². The molecule has 4 rings (SSSR count). The Morgan fingerprint density at radius 1 is 0.761 bits per heavy atom. The molecule has 2 aromatic rings. The van der Waals surface area contributed by atoms with Crippen LogP contribution in [-0.4, -0.2) is 249 Å². The Bertz CT molecular complexity index is 2610. The van der Waals surface area contributed by atoms with Crippen molar-refractivity contribution >= 4 is 47.3 Å². The number of nitrogens with two attached hydrogens (primary N) is 1. The zero-order valence-electron chi connectivity index (χ0n) is 55.1. The number of carbonyl (C=O) groups is 7. The lowest BCUT2D eigenvalue weighted by Gasteiger charge is -2.41. The summed E-state index contributed by atoms with van der Waals surface area (Å²) in [6.07, 6.45) is -11.7. The highest BCUT2D eigenvalue weighted by Gasteiger charge is 2.49. The van der Waals surface area contributed by atoms with Gasteiger partial charge in [0.1, 0.15) is 49.4 Å². The number of amides is 6. The summed E-state index contributed by atoms with van der Waals surface area (Å²) in [4.78, 5) is 105. The summed E-state index contributed by atoms with van der Waals surface area (Å²) in [5.74, 6) is -1.26. The molecule has 2 heterocycles. The predicted octanol–water partition coefficient (Wildman–Crippen LogP) is 1.75. The van der Waals surface area contributed by atoms with Gasteiger partial charge in [0.2, 0.25) is 35.8 Å². The Morgan fingerprint density at radius 3 is 1.95 bits per heavy atom. The summed E-state index contributed by atoms with van der Waals surface area (Å²) < 4.78 is 50.6. The molecule has 0 saturated carbocycles. The van der Waals surface area contributed by atoms with Gasteiger partial charge in [-0.05, 0) is 61.3 Å². The topological polar surface area (TPSA) is 385 Å². The minimum absolute atomic E-state index is 0.0205. The molecule has 2 saturated heterocycles. The highest BCUT2D eigenvalue weighted by atomic mass is 16.7. The number of likely N-dealkylation sites (tertiary alicyclic amines) is 1. The van der Waals surface area contributed by atoms with Crippen molar-refractivity contribution in [2.75, 3.05) is 99.6 Å². The van der Waals surface area contributed by atoms with Crippen LogP contribution in [0.3, 0.4) is 0 Å². The standard InChI is InChI=1S/C63H101N7O22/c1-13-38(6)51(46(83-11)33-48(72)70-23-17-20-44(70)56(84-12)39(7)58(77)65-40(8)52(73)41-18-15-14-16-19-41)68(9)60(79)49(36(2)3)67-59(78)50(37(4)5)69(10)63(82)89-34-42-32-43(21-22-45(42)91-62-55(76)53(74)54(75)57(92-62)61(80)81)66-47(71)35-88-29-28-86-25-24-85-26-27-87-30-31-90-64/h14-16,18-19,21-22,32,36-40,44,46,49-57,62,73-76H,13,17,20,23-31,33-35,64H2,1-12H3,(H,65,77)(H,66,71)(H,67,78)(H,80,81)/t38-,39+,40+,44-,46+,49-,50-,51-,52+,53?,54?,55?,56+,57?,62?/m0/s1. The number of likely N-dealkylation sites (N-methyl/N-ethyl adjacent to an activating group) is 2. The van der Waals surface area contributed by atoms with E-state index in [1.54, 1.807) is 77.8 Å². The lowest BCUT2D eigenvalue weighted by molar-refractivity contribution is -0.271. The lowest BCUT2D eigenvalue weighted by atomic mass is 9.89. The molecule has 0 aromatic heterocycles. The number of carbonyl (C=O) groups excluding carboxylic acids is 6. The van der Waals surface area contributed by atoms with Gasteiger partial charge in [0.25, 0.3) is 0 Å². The Balaban J connectivity index is 1.46. The lowest BCUT2D eigenvalue weighted by Crippen LogP contribution is -2.61. The summed E-state index contributed by atoms with van der Waals surface area (Å²) in [5.41, 5.74) is 0.819. The molecule has 6 amide bonds. The van der Waals surface area contributed by atoms with Gasteiger partial charge in [0.15, 0.2) is 6.10 Å². The second-order valence-corrected chi connectivity index (χ2v) is 23.8. The van der Waals surface area contributed by atoms with E-state index in [2.05, 4.69) is 20.8 Å². The Hall–Kier alpha value is -6.19. The molecule has 2 aromatic carbocycles.